The van der Waals surface area contributed by atoms with E-state index in [9.17, 15) is 20.4 Å². The van der Waals surface area contributed by atoms with Crippen LogP contribution in [0.1, 0.15) is 32.3 Å². The lowest BCUT2D eigenvalue weighted by atomic mass is 9.63. The van der Waals surface area contributed by atoms with Crippen molar-refractivity contribution >= 4 is 11.0 Å². The standard InChI is InChI=1S/C24H26O5/c1-13-4-7-23(28)24(2,3)18(13)12-17-19(26)8-15(9-20(17)27)21-10-14-5-6-16(25)11-22(14)29-21/h5-6,8-11,18,23,25-28H,1,4,7,12H2,2-3H3/t18-,23+/m0/s1. The van der Waals surface area contributed by atoms with Gasteiger partial charge in [-0.3, -0.25) is 0 Å². The van der Waals surface area contributed by atoms with Crippen LogP contribution in [0.5, 0.6) is 17.2 Å². The third kappa shape index (κ3) is 3.36. The van der Waals surface area contributed by atoms with Crippen molar-refractivity contribution in [1.82, 2.24) is 0 Å². The highest BCUT2D eigenvalue weighted by molar-refractivity contribution is 5.84. The van der Waals surface area contributed by atoms with Gasteiger partial charge in [0.25, 0.3) is 0 Å². The molecule has 5 nitrogen and oxygen atoms in total. The van der Waals surface area contributed by atoms with Crippen LogP contribution in [0.4, 0.5) is 0 Å². The lowest BCUT2D eigenvalue weighted by molar-refractivity contribution is -0.00659. The van der Waals surface area contributed by atoms with E-state index in [2.05, 4.69) is 6.58 Å². The molecule has 1 aliphatic carbocycles. The number of phenols is 3. The van der Waals surface area contributed by atoms with Crippen molar-refractivity contribution in [3.05, 3.63) is 54.1 Å². The molecular formula is C24H26O5. The fraction of sp³-hybridized carbons (Fsp3) is 0.333. The summed E-state index contributed by atoms with van der Waals surface area (Å²) >= 11 is 0. The smallest absolute Gasteiger partial charge is 0.138 e. The van der Waals surface area contributed by atoms with Crippen LogP contribution in [0.2, 0.25) is 0 Å². The highest BCUT2D eigenvalue weighted by Gasteiger charge is 2.41. The Hall–Kier alpha value is -2.92. The zero-order chi connectivity index (χ0) is 20.9. The molecule has 0 spiro atoms. The van der Waals surface area contributed by atoms with Crippen LogP contribution in [-0.4, -0.2) is 26.5 Å². The van der Waals surface area contributed by atoms with Crippen molar-refractivity contribution in [2.24, 2.45) is 11.3 Å². The zero-order valence-electron chi connectivity index (χ0n) is 16.6. The number of phenolic OH excluding ortho intramolecular Hbond substituents is 3. The van der Waals surface area contributed by atoms with E-state index in [0.717, 1.165) is 17.4 Å². The summed E-state index contributed by atoms with van der Waals surface area (Å²) in [5.41, 5.74) is 2.14. The number of furan rings is 1. The maximum atomic E-state index is 10.7. The van der Waals surface area contributed by atoms with Crippen LogP contribution in [0.3, 0.4) is 0 Å². The molecular weight excluding hydrogens is 368 g/mol. The summed E-state index contributed by atoms with van der Waals surface area (Å²) in [7, 11) is 0. The topological polar surface area (TPSA) is 94.1 Å². The number of aliphatic hydroxyl groups excluding tert-OH is 1. The van der Waals surface area contributed by atoms with Crippen molar-refractivity contribution in [2.45, 2.75) is 39.2 Å². The van der Waals surface area contributed by atoms with E-state index in [1.807, 2.05) is 13.8 Å². The Morgan fingerprint density at radius 1 is 1.07 bits per heavy atom. The molecule has 4 N–H and O–H groups in total. The number of hydrogen-bond donors (Lipinski definition) is 4. The Morgan fingerprint density at radius 2 is 1.76 bits per heavy atom. The normalized spacial score (nSPS) is 21.6. The number of aliphatic hydroxyl groups is 1. The molecule has 5 heteroatoms. The maximum Gasteiger partial charge on any atom is 0.138 e. The number of allylic oxidation sites excluding steroid dienone is 1. The van der Waals surface area contributed by atoms with Gasteiger partial charge in [-0.2, -0.15) is 0 Å². The lowest BCUT2D eigenvalue weighted by Gasteiger charge is -2.44. The summed E-state index contributed by atoms with van der Waals surface area (Å²) in [6.45, 7) is 8.17. The predicted molar refractivity (Wildman–Crippen MR) is 112 cm³/mol. The second kappa shape index (κ2) is 6.85. The molecule has 2 atom stereocenters. The average Bonchev–Trinajstić information content (AvgIpc) is 3.07. The first-order valence-corrected chi connectivity index (χ1v) is 9.80. The van der Waals surface area contributed by atoms with Crippen LogP contribution in [0.15, 0.2) is 53.0 Å². The first-order valence-electron chi connectivity index (χ1n) is 9.80. The predicted octanol–water partition coefficient (Wildman–Crippen LogP) is 5.11. The molecule has 1 heterocycles. The molecule has 4 rings (SSSR count). The summed E-state index contributed by atoms with van der Waals surface area (Å²) in [4.78, 5) is 0. The highest BCUT2D eigenvalue weighted by atomic mass is 16.3. The van der Waals surface area contributed by atoms with Gasteiger partial charge in [0, 0.05) is 22.6 Å². The third-order valence-corrected chi connectivity index (χ3v) is 6.39. The molecule has 0 saturated heterocycles. The van der Waals surface area contributed by atoms with E-state index in [4.69, 9.17) is 4.42 Å². The molecule has 152 valence electrons. The molecule has 3 aromatic rings. The molecule has 0 aliphatic heterocycles. The van der Waals surface area contributed by atoms with E-state index < -0.39 is 11.5 Å². The van der Waals surface area contributed by atoms with Crippen molar-refractivity contribution in [3.8, 4) is 28.6 Å². The molecule has 1 saturated carbocycles. The van der Waals surface area contributed by atoms with Gasteiger partial charge in [-0.1, -0.05) is 26.0 Å². The first-order chi connectivity index (χ1) is 13.7. The van der Waals surface area contributed by atoms with Crippen molar-refractivity contribution < 1.29 is 24.8 Å². The Labute approximate surface area is 169 Å². The van der Waals surface area contributed by atoms with Gasteiger partial charge in [0.15, 0.2) is 0 Å². The molecule has 1 fully saturated rings. The minimum atomic E-state index is -0.450. The van der Waals surface area contributed by atoms with Gasteiger partial charge in [-0.05, 0) is 60.9 Å². The third-order valence-electron chi connectivity index (χ3n) is 6.39. The second-order valence-corrected chi connectivity index (χ2v) is 8.62. The Bertz CT molecular complexity index is 1070. The lowest BCUT2D eigenvalue weighted by Crippen LogP contribution is -2.42. The van der Waals surface area contributed by atoms with Gasteiger partial charge < -0.3 is 24.8 Å². The maximum absolute atomic E-state index is 10.7. The number of hydrogen-bond acceptors (Lipinski definition) is 5. The fourth-order valence-electron chi connectivity index (χ4n) is 4.39. The zero-order valence-corrected chi connectivity index (χ0v) is 16.6. The molecule has 0 unspecified atom stereocenters. The Kier molecular flexibility index (Phi) is 4.58. The molecule has 2 aromatic carbocycles. The van der Waals surface area contributed by atoms with Gasteiger partial charge in [0.2, 0.25) is 0 Å². The molecule has 0 radical (unpaired) electrons. The van der Waals surface area contributed by atoms with E-state index in [1.54, 1.807) is 30.3 Å². The monoisotopic (exact) mass is 394 g/mol. The van der Waals surface area contributed by atoms with Gasteiger partial charge in [0.05, 0.1) is 6.10 Å². The number of benzene rings is 2. The summed E-state index contributed by atoms with van der Waals surface area (Å²) in [5, 5.41) is 42.2. The SMILES string of the molecule is C=C1CC[C@@H](O)C(C)(C)[C@H]1Cc1c(O)cc(-c2cc3ccc(O)cc3o2)cc1O. The summed E-state index contributed by atoms with van der Waals surface area (Å²) in [6.07, 6.45) is 1.37. The van der Waals surface area contributed by atoms with Crippen molar-refractivity contribution in [2.75, 3.05) is 0 Å². The van der Waals surface area contributed by atoms with Crippen LogP contribution >= 0.6 is 0 Å². The quantitative estimate of drug-likeness (QED) is 0.463. The number of rotatable bonds is 3. The van der Waals surface area contributed by atoms with Crippen molar-refractivity contribution in [3.63, 3.8) is 0 Å². The summed E-state index contributed by atoms with van der Waals surface area (Å²) in [5.74, 6) is 0.500. The van der Waals surface area contributed by atoms with E-state index >= 15 is 0 Å². The fourth-order valence-corrected chi connectivity index (χ4v) is 4.39. The van der Waals surface area contributed by atoms with Crippen LogP contribution < -0.4 is 0 Å². The highest BCUT2D eigenvalue weighted by Crippen LogP contribution is 2.47. The molecule has 29 heavy (non-hydrogen) atoms. The molecule has 1 aromatic heterocycles. The van der Waals surface area contributed by atoms with E-state index in [1.165, 1.54) is 6.07 Å². The van der Waals surface area contributed by atoms with E-state index in [-0.39, 0.29) is 23.2 Å². The minimum Gasteiger partial charge on any atom is -0.508 e. The Morgan fingerprint density at radius 3 is 2.45 bits per heavy atom. The van der Waals surface area contributed by atoms with Gasteiger partial charge in [-0.15, -0.1) is 0 Å². The van der Waals surface area contributed by atoms with Gasteiger partial charge in [0.1, 0.15) is 28.6 Å². The van der Waals surface area contributed by atoms with Gasteiger partial charge >= 0.3 is 0 Å². The van der Waals surface area contributed by atoms with Crippen LogP contribution in [0, 0.1) is 11.3 Å². The van der Waals surface area contributed by atoms with Crippen LogP contribution in [-0.2, 0) is 6.42 Å². The van der Waals surface area contributed by atoms with Crippen molar-refractivity contribution in [1.29, 1.82) is 0 Å². The number of aromatic hydroxyl groups is 3. The van der Waals surface area contributed by atoms with Gasteiger partial charge in [-0.25, -0.2) is 0 Å². The molecule has 0 amide bonds. The number of fused-ring (bicyclic) bond motifs is 1. The molecule has 0 bridgehead atoms. The summed E-state index contributed by atoms with van der Waals surface area (Å²) < 4.78 is 5.77. The van der Waals surface area contributed by atoms with E-state index in [0.29, 0.717) is 35.3 Å². The van der Waals surface area contributed by atoms with Crippen LogP contribution in [0.25, 0.3) is 22.3 Å². The summed E-state index contributed by atoms with van der Waals surface area (Å²) in [6, 6.07) is 9.78. The molecule has 1 aliphatic rings. The minimum absolute atomic E-state index is 0.0213. The largest absolute Gasteiger partial charge is 0.508 e. The average molecular weight is 394 g/mol. The Balaban J connectivity index is 1.69. The first kappa shape index (κ1) is 19.4. The second-order valence-electron chi connectivity index (χ2n) is 8.62.